The number of hydrogen-bond acceptors (Lipinski definition) is 8. The van der Waals surface area contributed by atoms with E-state index in [4.69, 9.17) is 18.4 Å². The maximum atomic E-state index is 12.5. The van der Waals surface area contributed by atoms with Gasteiger partial charge < -0.3 is 19.3 Å². The van der Waals surface area contributed by atoms with Crippen LogP contribution in [0.4, 0.5) is 0 Å². The number of aliphatic hydroxyl groups is 1. The highest BCUT2D eigenvalue weighted by molar-refractivity contribution is 7.86. The van der Waals surface area contributed by atoms with Crippen molar-refractivity contribution in [1.29, 1.82) is 0 Å². The van der Waals surface area contributed by atoms with E-state index in [9.17, 15) is 18.3 Å². The van der Waals surface area contributed by atoms with Crippen LogP contribution in [0.3, 0.4) is 0 Å². The minimum absolute atomic E-state index is 0.0695. The molecule has 1 aromatic rings. The lowest BCUT2D eigenvalue weighted by Gasteiger charge is -2.41. The number of aliphatic hydroxyl groups excluding tert-OH is 1. The Labute approximate surface area is 146 Å². The maximum Gasteiger partial charge on any atom is 0.303 e. The van der Waals surface area contributed by atoms with E-state index in [0.29, 0.717) is 0 Å². The van der Waals surface area contributed by atoms with Gasteiger partial charge in [-0.15, -0.1) is 0 Å². The van der Waals surface area contributed by atoms with Crippen molar-refractivity contribution in [1.82, 2.24) is 0 Å². The topological polar surface area (TPSA) is 108 Å². The first-order valence-corrected chi connectivity index (χ1v) is 9.10. The zero-order chi connectivity index (χ0) is 18.8. The molecule has 0 aliphatic carbocycles. The molecule has 0 aromatic heterocycles. The molecule has 140 valence electrons. The van der Waals surface area contributed by atoms with Crippen LogP contribution < -0.4 is 0 Å². The van der Waals surface area contributed by atoms with Gasteiger partial charge in [-0.1, -0.05) is 17.7 Å². The second kappa shape index (κ2) is 7.79. The van der Waals surface area contributed by atoms with Crippen LogP contribution in [0.2, 0.25) is 0 Å². The second-order valence-electron chi connectivity index (χ2n) is 5.84. The SMILES string of the molecule is CO[C@@H]1O[C@H](C)[C@H](O)[C@H](OS(=O)(=O)c2ccc(C)cc2)[C@H]1OC(C)=O. The lowest BCUT2D eigenvalue weighted by atomic mass is 10.00. The summed E-state index contributed by atoms with van der Waals surface area (Å²) in [4.78, 5) is 11.3. The monoisotopic (exact) mass is 374 g/mol. The minimum Gasteiger partial charge on any atom is -0.454 e. The molecule has 5 atom stereocenters. The molecule has 0 saturated carbocycles. The Morgan fingerprint density at radius 2 is 1.80 bits per heavy atom. The van der Waals surface area contributed by atoms with Crippen molar-refractivity contribution in [3.63, 3.8) is 0 Å². The van der Waals surface area contributed by atoms with Crippen molar-refractivity contribution in [3.8, 4) is 0 Å². The highest BCUT2D eigenvalue weighted by Gasteiger charge is 2.49. The van der Waals surface area contributed by atoms with Crippen LogP contribution in [0, 0.1) is 6.92 Å². The summed E-state index contributed by atoms with van der Waals surface area (Å²) in [5, 5.41) is 10.3. The van der Waals surface area contributed by atoms with Gasteiger partial charge in [-0.05, 0) is 26.0 Å². The summed E-state index contributed by atoms with van der Waals surface area (Å²) in [5.41, 5.74) is 0.885. The Morgan fingerprint density at radius 3 is 2.32 bits per heavy atom. The predicted molar refractivity (Wildman–Crippen MR) is 86.1 cm³/mol. The lowest BCUT2D eigenvalue weighted by Crippen LogP contribution is -2.59. The fourth-order valence-electron chi connectivity index (χ4n) is 2.51. The summed E-state index contributed by atoms with van der Waals surface area (Å²) >= 11 is 0. The zero-order valence-electron chi connectivity index (χ0n) is 14.4. The van der Waals surface area contributed by atoms with Crippen LogP contribution in [0.5, 0.6) is 0 Å². The average Bonchev–Trinajstić information content (AvgIpc) is 2.54. The van der Waals surface area contributed by atoms with Crippen LogP contribution in [-0.4, -0.2) is 57.3 Å². The van der Waals surface area contributed by atoms with Gasteiger partial charge in [0, 0.05) is 14.0 Å². The van der Waals surface area contributed by atoms with E-state index in [0.717, 1.165) is 12.5 Å². The van der Waals surface area contributed by atoms with E-state index >= 15 is 0 Å². The highest BCUT2D eigenvalue weighted by atomic mass is 32.2. The van der Waals surface area contributed by atoms with Crippen LogP contribution in [-0.2, 0) is 33.3 Å². The number of methoxy groups -OCH3 is 1. The van der Waals surface area contributed by atoms with Gasteiger partial charge in [0.25, 0.3) is 10.1 Å². The Bertz CT molecular complexity index is 699. The Balaban J connectivity index is 2.33. The summed E-state index contributed by atoms with van der Waals surface area (Å²) in [5.74, 6) is -0.682. The molecule has 0 spiro atoms. The second-order valence-corrected chi connectivity index (χ2v) is 7.41. The fourth-order valence-corrected chi connectivity index (χ4v) is 3.60. The van der Waals surface area contributed by atoms with Crippen LogP contribution in [0.1, 0.15) is 19.4 Å². The molecule has 25 heavy (non-hydrogen) atoms. The molecular weight excluding hydrogens is 352 g/mol. The standard InChI is InChI=1S/C16H22O8S/c1-9-5-7-12(8-6-9)25(19,20)24-14-13(18)10(2)22-16(21-4)15(14)23-11(3)17/h5-8,10,13-16,18H,1-4H3/t10-,13+,14+,15-,16-/m1/s1. The molecule has 1 aliphatic rings. The van der Waals surface area contributed by atoms with Gasteiger partial charge in [0.1, 0.15) is 12.2 Å². The number of ether oxygens (including phenoxy) is 3. The third kappa shape index (κ3) is 4.56. The molecule has 1 N–H and O–H groups in total. The Kier molecular flexibility index (Phi) is 6.17. The molecule has 1 aromatic carbocycles. The molecule has 1 heterocycles. The molecule has 0 radical (unpaired) electrons. The molecule has 1 saturated heterocycles. The van der Waals surface area contributed by atoms with E-state index < -0.39 is 46.8 Å². The van der Waals surface area contributed by atoms with Crippen LogP contribution >= 0.6 is 0 Å². The first kappa shape index (κ1) is 19.8. The molecule has 0 bridgehead atoms. The number of esters is 1. The largest absolute Gasteiger partial charge is 0.454 e. The van der Waals surface area contributed by atoms with Crippen LogP contribution in [0.25, 0.3) is 0 Å². The lowest BCUT2D eigenvalue weighted by molar-refractivity contribution is -0.285. The van der Waals surface area contributed by atoms with E-state index in [-0.39, 0.29) is 4.90 Å². The van der Waals surface area contributed by atoms with Gasteiger partial charge in [-0.2, -0.15) is 8.42 Å². The average molecular weight is 374 g/mol. The number of carbonyl (C=O) groups excluding carboxylic acids is 1. The smallest absolute Gasteiger partial charge is 0.303 e. The van der Waals surface area contributed by atoms with E-state index in [1.165, 1.54) is 26.2 Å². The summed E-state index contributed by atoms with van der Waals surface area (Å²) in [6.45, 7) is 4.51. The third-order valence-electron chi connectivity index (χ3n) is 3.84. The zero-order valence-corrected chi connectivity index (χ0v) is 15.2. The molecule has 0 amide bonds. The Morgan fingerprint density at radius 1 is 1.20 bits per heavy atom. The van der Waals surface area contributed by atoms with E-state index in [1.807, 2.05) is 6.92 Å². The maximum absolute atomic E-state index is 12.5. The quantitative estimate of drug-likeness (QED) is 0.594. The molecule has 2 rings (SSSR count). The normalized spacial score (nSPS) is 30.0. The van der Waals surface area contributed by atoms with Gasteiger partial charge in [-0.25, -0.2) is 0 Å². The van der Waals surface area contributed by atoms with Crippen molar-refractivity contribution in [2.45, 2.75) is 56.4 Å². The minimum atomic E-state index is -4.20. The summed E-state index contributed by atoms with van der Waals surface area (Å²) in [6, 6.07) is 6.05. The molecule has 1 fully saturated rings. The van der Waals surface area contributed by atoms with Crippen molar-refractivity contribution in [2.24, 2.45) is 0 Å². The van der Waals surface area contributed by atoms with Crippen molar-refractivity contribution >= 4 is 16.1 Å². The third-order valence-corrected chi connectivity index (χ3v) is 5.17. The molecule has 0 unspecified atom stereocenters. The Hall–Kier alpha value is -1.52. The number of hydrogen-bond donors (Lipinski definition) is 1. The fraction of sp³-hybridized carbons (Fsp3) is 0.562. The summed E-state index contributed by atoms with van der Waals surface area (Å²) in [7, 11) is -2.88. The van der Waals surface area contributed by atoms with Crippen LogP contribution in [0.15, 0.2) is 29.2 Å². The molecular formula is C16H22O8S. The first-order chi connectivity index (χ1) is 11.7. The van der Waals surface area contributed by atoms with Gasteiger partial charge in [0.05, 0.1) is 11.0 Å². The van der Waals surface area contributed by atoms with E-state index in [2.05, 4.69) is 0 Å². The van der Waals surface area contributed by atoms with Gasteiger partial charge in [0.2, 0.25) is 0 Å². The predicted octanol–water partition coefficient (Wildman–Crippen LogP) is 0.753. The summed E-state index contributed by atoms with van der Waals surface area (Å²) in [6.07, 6.45) is -5.80. The molecule has 1 aliphatic heterocycles. The van der Waals surface area contributed by atoms with Crippen molar-refractivity contribution < 1.29 is 36.7 Å². The number of aryl methyl sites for hydroxylation is 1. The number of carbonyl (C=O) groups is 1. The number of benzene rings is 1. The highest BCUT2D eigenvalue weighted by Crippen LogP contribution is 2.29. The van der Waals surface area contributed by atoms with Crippen molar-refractivity contribution in [3.05, 3.63) is 29.8 Å². The van der Waals surface area contributed by atoms with Crippen molar-refractivity contribution in [2.75, 3.05) is 7.11 Å². The molecule has 8 nitrogen and oxygen atoms in total. The van der Waals surface area contributed by atoms with Gasteiger partial charge in [-0.3, -0.25) is 8.98 Å². The van der Waals surface area contributed by atoms with Gasteiger partial charge >= 0.3 is 5.97 Å². The van der Waals surface area contributed by atoms with Gasteiger partial charge in [0.15, 0.2) is 12.4 Å². The summed E-state index contributed by atoms with van der Waals surface area (Å²) < 4.78 is 45.9. The number of rotatable bonds is 5. The molecule has 9 heteroatoms. The van der Waals surface area contributed by atoms with E-state index in [1.54, 1.807) is 12.1 Å². The first-order valence-electron chi connectivity index (χ1n) is 7.69.